The quantitative estimate of drug-likeness (QED) is 0.676. The van der Waals surface area contributed by atoms with E-state index in [1.807, 2.05) is 32.3 Å². The Balaban J connectivity index is 1.19. The van der Waals surface area contributed by atoms with E-state index in [4.69, 9.17) is 4.74 Å². The molecule has 2 saturated heterocycles. The monoisotopic (exact) mass is 435 g/mol. The van der Waals surface area contributed by atoms with Crippen LogP contribution in [0, 0.1) is 18.3 Å². The molecule has 2 bridgehead atoms. The first-order valence-electron chi connectivity index (χ1n) is 11.1. The number of aryl methyl sites for hydroxylation is 1. The molecule has 8 heteroatoms. The van der Waals surface area contributed by atoms with Crippen LogP contribution < -0.4 is 4.74 Å². The first-order chi connectivity index (χ1) is 15.3. The lowest BCUT2D eigenvalue weighted by atomic mass is 9.89. The minimum absolute atomic E-state index is 0.0850. The summed E-state index contributed by atoms with van der Waals surface area (Å²) in [6.07, 6.45) is 2.09. The Morgan fingerprint density at radius 1 is 1.19 bits per heavy atom. The maximum absolute atomic E-state index is 15.3. The van der Waals surface area contributed by atoms with E-state index in [-0.39, 0.29) is 17.2 Å². The molecule has 6 unspecified atom stereocenters. The molecule has 3 aromatic rings. The number of ether oxygens (including phenoxy) is 1. The van der Waals surface area contributed by atoms with Gasteiger partial charge in [0.05, 0.1) is 23.1 Å². The predicted molar refractivity (Wildman–Crippen MR) is 116 cm³/mol. The molecule has 2 aliphatic heterocycles. The molecular weight excluding hydrogens is 409 g/mol. The fourth-order valence-electron chi connectivity index (χ4n) is 6.01. The number of halogens is 1. The van der Waals surface area contributed by atoms with Crippen molar-refractivity contribution in [2.75, 3.05) is 7.05 Å². The zero-order valence-electron chi connectivity index (χ0n) is 18.3. The van der Waals surface area contributed by atoms with Crippen LogP contribution in [-0.2, 0) is 0 Å². The molecule has 2 aromatic heterocycles. The normalized spacial score (nSPS) is 33.2. The molecule has 32 heavy (non-hydrogen) atoms. The van der Waals surface area contributed by atoms with Gasteiger partial charge in [0, 0.05) is 36.4 Å². The molecule has 3 aliphatic rings. The Labute approximate surface area is 185 Å². The van der Waals surface area contributed by atoms with Gasteiger partial charge in [-0.25, -0.2) is 9.07 Å². The van der Waals surface area contributed by atoms with E-state index in [0.29, 0.717) is 35.5 Å². The Morgan fingerprint density at radius 3 is 2.72 bits per heavy atom. The second kappa shape index (κ2) is 6.75. The zero-order chi connectivity index (χ0) is 22.2. The van der Waals surface area contributed by atoms with Gasteiger partial charge in [0.1, 0.15) is 11.9 Å². The Kier molecular flexibility index (Phi) is 4.15. The summed E-state index contributed by atoms with van der Waals surface area (Å²) < 4.78 is 23.0. The fourth-order valence-corrected chi connectivity index (χ4v) is 6.01. The molecule has 6 atom stereocenters. The highest BCUT2D eigenvalue weighted by atomic mass is 19.1. The highest BCUT2D eigenvalue weighted by molar-refractivity contribution is 5.68. The van der Waals surface area contributed by atoms with Crippen LogP contribution in [0.3, 0.4) is 0 Å². The van der Waals surface area contributed by atoms with Gasteiger partial charge in [-0.15, -0.1) is 10.2 Å². The first kappa shape index (κ1) is 19.7. The van der Waals surface area contributed by atoms with Crippen molar-refractivity contribution in [3.8, 4) is 28.6 Å². The number of aromatic nitrogens is 4. The minimum atomic E-state index is -1.04. The van der Waals surface area contributed by atoms with E-state index in [1.165, 1.54) is 0 Å². The summed E-state index contributed by atoms with van der Waals surface area (Å²) in [6.45, 7) is 4.11. The molecule has 166 valence electrons. The van der Waals surface area contributed by atoms with E-state index in [1.54, 1.807) is 28.9 Å². The van der Waals surface area contributed by atoms with Crippen molar-refractivity contribution in [3.63, 3.8) is 0 Å². The van der Waals surface area contributed by atoms with Crippen LogP contribution in [0.25, 0.3) is 16.9 Å². The number of rotatable bonds is 4. The van der Waals surface area contributed by atoms with Crippen molar-refractivity contribution in [2.24, 2.45) is 11.3 Å². The molecule has 1 saturated carbocycles. The number of hydrogen-bond acceptors (Lipinski definition) is 6. The largest absolute Gasteiger partial charge is 0.507 e. The third-order valence-electron chi connectivity index (χ3n) is 7.74. The molecule has 1 N–H and O–H groups in total. The smallest absolute Gasteiger partial charge is 0.233 e. The summed E-state index contributed by atoms with van der Waals surface area (Å²) in [6, 6.07) is 10.9. The fraction of sp³-hybridized carbons (Fsp3) is 0.458. The third kappa shape index (κ3) is 2.85. The summed E-state index contributed by atoms with van der Waals surface area (Å²) >= 11 is 0. The van der Waals surface area contributed by atoms with Crippen LogP contribution in [0.5, 0.6) is 11.6 Å². The van der Waals surface area contributed by atoms with Crippen molar-refractivity contribution in [2.45, 2.75) is 51.0 Å². The zero-order valence-corrected chi connectivity index (χ0v) is 18.3. The van der Waals surface area contributed by atoms with Crippen LogP contribution >= 0.6 is 0 Å². The average Bonchev–Trinajstić information content (AvgIpc) is 3.18. The minimum Gasteiger partial charge on any atom is -0.507 e. The highest BCUT2D eigenvalue weighted by Crippen LogP contribution is 2.67. The van der Waals surface area contributed by atoms with Gasteiger partial charge >= 0.3 is 0 Å². The number of piperidine rings is 2. The molecule has 0 spiro atoms. The van der Waals surface area contributed by atoms with Crippen LogP contribution in [0.2, 0.25) is 0 Å². The Morgan fingerprint density at radius 2 is 2.03 bits per heavy atom. The van der Waals surface area contributed by atoms with E-state index in [0.717, 1.165) is 17.8 Å². The summed E-state index contributed by atoms with van der Waals surface area (Å²) in [7, 11) is 2.04. The number of phenolic OH excluding ortho intramolecular Hbond substituents is 1. The van der Waals surface area contributed by atoms with Crippen molar-refractivity contribution < 1.29 is 14.2 Å². The van der Waals surface area contributed by atoms with E-state index >= 15 is 4.39 Å². The van der Waals surface area contributed by atoms with Gasteiger partial charge in [0.15, 0.2) is 6.17 Å². The molecule has 6 rings (SSSR count). The van der Waals surface area contributed by atoms with Crippen molar-refractivity contribution in [1.82, 2.24) is 24.9 Å². The summed E-state index contributed by atoms with van der Waals surface area (Å²) in [5, 5.41) is 23.3. The second-order valence-electron chi connectivity index (χ2n) is 9.69. The lowest BCUT2D eigenvalue weighted by Crippen LogP contribution is -2.56. The summed E-state index contributed by atoms with van der Waals surface area (Å²) in [5.41, 5.74) is 2.82. The molecule has 1 aromatic carbocycles. The number of hydrogen-bond donors (Lipinski definition) is 1. The standard InChI is InChI=1S/C24H26FN5O2/c1-13-8-9-30(28-13)14-4-5-15(19(31)10-14)17-6-7-21(27-26-17)32-20-11-18-16-12-24(16,2)23(22(20)25)29(18)3/h4-10,16,18,20,22-23,31H,11-12H2,1-3H3. The number of phenols is 1. The van der Waals surface area contributed by atoms with E-state index in [9.17, 15) is 5.11 Å². The Bertz CT molecular complexity index is 1180. The number of aromatic hydroxyl groups is 1. The van der Waals surface area contributed by atoms with Gasteiger partial charge in [-0.3, -0.25) is 4.90 Å². The van der Waals surface area contributed by atoms with Crippen molar-refractivity contribution in [3.05, 3.63) is 48.3 Å². The molecule has 0 radical (unpaired) electrons. The maximum Gasteiger partial charge on any atom is 0.233 e. The van der Waals surface area contributed by atoms with Gasteiger partial charge in [-0.05, 0) is 56.0 Å². The number of fused-ring (bicyclic) bond motifs is 5. The lowest BCUT2D eigenvalue weighted by Gasteiger charge is -2.42. The van der Waals surface area contributed by atoms with Gasteiger partial charge in [-0.1, -0.05) is 6.92 Å². The number of alkyl halides is 1. The first-order valence-corrected chi connectivity index (χ1v) is 11.1. The lowest BCUT2D eigenvalue weighted by molar-refractivity contribution is -0.0372. The van der Waals surface area contributed by atoms with Crippen molar-refractivity contribution in [1.29, 1.82) is 0 Å². The predicted octanol–water partition coefficient (Wildman–Crippen LogP) is 3.54. The van der Waals surface area contributed by atoms with Crippen LogP contribution in [-0.4, -0.2) is 61.4 Å². The second-order valence-corrected chi connectivity index (χ2v) is 9.69. The number of nitrogens with zero attached hydrogens (tertiary/aromatic N) is 5. The molecule has 1 aliphatic carbocycles. The molecule has 7 nitrogen and oxygen atoms in total. The summed E-state index contributed by atoms with van der Waals surface area (Å²) in [5.74, 6) is 0.975. The maximum atomic E-state index is 15.3. The SMILES string of the molecule is Cc1ccn(-c2ccc(-c3ccc(OC4CC5C6CC6(C)C(C4F)N5C)nn3)c(O)c2)n1. The van der Waals surface area contributed by atoms with E-state index in [2.05, 4.69) is 27.1 Å². The van der Waals surface area contributed by atoms with Gasteiger partial charge < -0.3 is 9.84 Å². The number of benzene rings is 1. The third-order valence-corrected chi connectivity index (χ3v) is 7.74. The Hall–Kier alpha value is -3.00. The van der Waals surface area contributed by atoms with Crippen molar-refractivity contribution >= 4 is 0 Å². The van der Waals surface area contributed by atoms with Gasteiger partial charge in [0.2, 0.25) is 5.88 Å². The topological polar surface area (TPSA) is 76.3 Å². The molecule has 4 heterocycles. The average molecular weight is 436 g/mol. The molecule has 0 amide bonds. The summed E-state index contributed by atoms with van der Waals surface area (Å²) in [4.78, 5) is 2.21. The van der Waals surface area contributed by atoms with Crippen LogP contribution in [0.4, 0.5) is 4.39 Å². The van der Waals surface area contributed by atoms with E-state index < -0.39 is 12.3 Å². The van der Waals surface area contributed by atoms with Crippen LogP contribution in [0.1, 0.15) is 25.5 Å². The molecule has 3 fully saturated rings. The van der Waals surface area contributed by atoms with Crippen LogP contribution in [0.15, 0.2) is 42.6 Å². The van der Waals surface area contributed by atoms with Gasteiger partial charge in [-0.2, -0.15) is 5.10 Å². The molecular formula is C24H26FN5O2. The van der Waals surface area contributed by atoms with Gasteiger partial charge in [0.25, 0.3) is 0 Å². The highest BCUT2D eigenvalue weighted by Gasteiger charge is 2.71.